The first-order valence-electron chi connectivity index (χ1n) is 8.47. The third-order valence-corrected chi connectivity index (χ3v) is 7.40. The van der Waals surface area contributed by atoms with Crippen LogP contribution in [0.3, 0.4) is 0 Å². The van der Waals surface area contributed by atoms with Gasteiger partial charge in [-0.25, -0.2) is 0 Å². The molecular weight excluding hydrogens is 424 g/mol. The van der Waals surface area contributed by atoms with E-state index in [4.69, 9.17) is 5.11 Å². The Kier molecular flexibility index (Phi) is 5.78. The van der Waals surface area contributed by atoms with Gasteiger partial charge < -0.3 is 0 Å². The van der Waals surface area contributed by atoms with Crippen LogP contribution < -0.4 is 0 Å². The minimum Gasteiger partial charge on any atom is -0.150 e. The standard InChI is InChI=1S/C21H17BrN2S2/c22-18-11-12-19(17-10-5-4-9-16(17)18)23-24-20(15-7-2-1-3-8-15)21-25-13-6-14-26-21/h1-5,7-12H,6,13-14H2. The fourth-order valence-electron chi connectivity index (χ4n) is 2.82. The fraction of sp³-hybridized carbons (Fsp3) is 0.143. The second-order valence-corrected chi connectivity index (χ2v) is 9.19. The van der Waals surface area contributed by atoms with E-state index in [9.17, 15) is 0 Å². The van der Waals surface area contributed by atoms with Crippen LogP contribution in [0.4, 0.5) is 5.69 Å². The van der Waals surface area contributed by atoms with E-state index in [0.29, 0.717) is 0 Å². The maximum absolute atomic E-state index is 4.72. The second kappa shape index (κ2) is 8.42. The lowest BCUT2D eigenvalue weighted by Gasteiger charge is -2.15. The highest BCUT2D eigenvalue weighted by Gasteiger charge is 2.14. The molecule has 0 atom stereocenters. The molecule has 0 amide bonds. The molecule has 1 aliphatic heterocycles. The summed E-state index contributed by atoms with van der Waals surface area (Å²) in [4.78, 5) is 0. The van der Waals surface area contributed by atoms with Gasteiger partial charge in [0.2, 0.25) is 0 Å². The minimum absolute atomic E-state index is 0.892. The molecule has 3 aromatic carbocycles. The van der Waals surface area contributed by atoms with E-state index in [2.05, 4.69) is 57.4 Å². The van der Waals surface area contributed by atoms with E-state index in [1.54, 1.807) is 0 Å². The van der Waals surface area contributed by atoms with Crippen molar-refractivity contribution in [3.05, 3.63) is 81.0 Å². The molecule has 130 valence electrons. The van der Waals surface area contributed by atoms with Gasteiger partial charge in [0, 0.05) is 15.4 Å². The van der Waals surface area contributed by atoms with Crippen LogP contribution in [0, 0.1) is 0 Å². The first kappa shape index (κ1) is 17.8. The van der Waals surface area contributed by atoms with Crippen LogP contribution in [-0.4, -0.2) is 11.5 Å². The van der Waals surface area contributed by atoms with Crippen LogP contribution in [0.5, 0.6) is 0 Å². The lowest BCUT2D eigenvalue weighted by atomic mass is 10.1. The van der Waals surface area contributed by atoms with Crippen LogP contribution in [0.15, 0.2) is 85.7 Å². The van der Waals surface area contributed by atoms with E-state index >= 15 is 0 Å². The largest absolute Gasteiger partial charge is 0.150 e. The normalized spacial score (nSPS) is 14.9. The molecule has 1 heterocycles. The lowest BCUT2D eigenvalue weighted by molar-refractivity contribution is 1.12. The van der Waals surface area contributed by atoms with Crippen molar-refractivity contribution >= 4 is 61.6 Å². The van der Waals surface area contributed by atoms with E-state index < -0.39 is 0 Å². The van der Waals surface area contributed by atoms with Crippen molar-refractivity contribution in [3.63, 3.8) is 0 Å². The number of azo groups is 1. The van der Waals surface area contributed by atoms with Crippen molar-refractivity contribution in [2.24, 2.45) is 10.2 Å². The number of hydrogen-bond donors (Lipinski definition) is 0. The molecule has 0 aromatic heterocycles. The first-order chi connectivity index (χ1) is 12.8. The first-order valence-corrected chi connectivity index (χ1v) is 11.2. The van der Waals surface area contributed by atoms with Crippen molar-refractivity contribution in [3.8, 4) is 0 Å². The average Bonchev–Trinajstić information content (AvgIpc) is 2.71. The van der Waals surface area contributed by atoms with Gasteiger partial charge in [-0.15, -0.1) is 33.8 Å². The van der Waals surface area contributed by atoms with Gasteiger partial charge in [-0.2, -0.15) is 0 Å². The molecule has 0 spiro atoms. The smallest absolute Gasteiger partial charge is 0.113 e. The molecule has 1 saturated heterocycles. The molecule has 0 unspecified atom stereocenters. The van der Waals surface area contributed by atoms with Crippen molar-refractivity contribution in [2.45, 2.75) is 6.42 Å². The number of benzene rings is 3. The number of halogens is 1. The molecule has 0 radical (unpaired) electrons. The van der Waals surface area contributed by atoms with Crippen molar-refractivity contribution in [2.75, 3.05) is 11.5 Å². The minimum atomic E-state index is 0.892. The van der Waals surface area contributed by atoms with Crippen molar-refractivity contribution in [1.29, 1.82) is 0 Å². The van der Waals surface area contributed by atoms with Crippen LogP contribution in [-0.2, 0) is 0 Å². The van der Waals surface area contributed by atoms with Gasteiger partial charge in [-0.3, -0.25) is 0 Å². The number of rotatable bonds is 3. The molecule has 26 heavy (non-hydrogen) atoms. The van der Waals surface area contributed by atoms with Gasteiger partial charge in [0.05, 0.1) is 9.92 Å². The summed E-state index contributed by atoms with van der Waals surface area (Å²) in [5.74, 6) is 2.30. The maximum Gasteiger partial charge on any atom is 0.113 e. The Morgan fingerprint density at radius 3 is 2.27 bits per heavy atom. The van der Waals surface area contributed by atoms with Crippen molar-refractivity contribution < 1.29 is 0 Å². The van der Waals surface area contributed by atoms with Crippen LogP contribution in [0.2, 0.25) is 0 Å². The topological polar surface area (TPSA) is 24.7 Å². The highest BCUT2D eigenvalue weighted by atomic mass is 79.9. The number of fused-ring (bicyclic) bond motifs is 1. The summed E-state index contributed by atoms with van der Waals surface area (Å²) in [5.41, 5.74) is 2.99. The maximum atomic E-state index is 4.72. The predicted molar refractivity (Wildman–Crippen MR) is 119 cm³/mol. The Morgan fingerprint density at radius 1 is 0.808 bits per heavy atom. The highest BCUT2D eigenvalue weighted by Crippen LogP contribution is 2.41. The van der Waals surface area contributed by atoms with Crippen LogP contribution >= 0.6 is 39.5 Å². The van der Waals surface area contributed by atoms with Gasteiger partial charge in [-0.1, -0.05) is 70.5 Å². The third kappa shape index (κ3) is 3.90. The summed E-state index contributed by atoms with van der Waals surface area (Å²) in [6.07, 6.45) is 1.25. The van der Waals surface area contributed by atoms with E-state index in [0.717, 1.165) is 43.7 Å². The summed E-state index contributed by atoms with van der Waals surface area (Å²) >= 11 is 7.40. The summed E-state index contributed by atoms with van der Waals surface area (Å²) < 4.78 is 2.35. The summed E-state index contributed by atoms with van der Waals surface area (Å²) in [7, 11) is 0. The zero-order valence-electron chi connectivity index (χ0n) is 14.1. The molecule has 1 fully saturated rings. The molecule has 1 aliphatic rings. The SMILES string of the molecule is Brc1ccc(N=NC(=C2SCCCS2)c2ccccc2)c2ccccc12. The average molecular weight is 441 g/mol. The Morgan fingerprint density at radius 2 is 1.50 bits per heavy atom. The molecule has 0 N–H and O–H groups in total. The molecule has 4 rings (SSSR count). The van der Waals surface area contributed by atoms with Gasteiger partial charge >= 0.3 is 0 Å². The quantitative estimate of drug-likeness (QED) is 0.386. The molecule has 2 nitrogen and oxygen atoms in total. The third-order valence-electron chi connectivity index (χ3n) is 4.10. The Bertz CT molecular complexity index is 976. The van der Waals surface area contributed by atoms with Gasteiger partial charge in [0.25, 0.3) is 0 Å². The van der Waals surface area contributed by atoms with Gasteiger partial charge in [0.1, 0.15) is 5.70 Å². The number of nitrogens with zero attached hydrogens (tertiary/aromatic N) is 2. The van der Waals surface area contributed by atoms with Crippen molar-refractivity contribution in [1.82, 2.24) is 0 Å². The summed E-state index contributed by atoms with van der Waals surface area (Å²) in [6.45, 7) is 0. The Balaban J connectivity index is 1.78. The molecular formula is C21H17BrN2S2. The predicted octanol–water partition coefficient (Wildman–Crippen LogP) is 7.88. The van der Waals surface area contributed by atoms with E-state index in [-0.39, 0.29) is 0 Å². The number of hydrogen-bond acceptors (Lipinski definition) is 4. The molecule has 3 aromatic rings. The monoisotopic (exact) mass is 440 g/mol. The van der Waals surface area contributed by atoms with Crippen LogP contribution in [0.25, 0.3) is 16.5 Å². The molecule has 0 saturated carbocycles. The second-order valence-electron chi connectivity index (χ2n) is 5.86. The molecule has 5 heteroatoms. The zero-order chi connectivity index (χ0) is 17.8. The van der Waals surface area contributed by atoms with Gasteiger partial charge in [0.15, 0.2) is 0 Å². The van der Waals surface area contributed by atoms with E-state index in [1.807, 2.05) is 53.9 Å². The van der Waals surface area contributed by atoms with Gasteiger partial charge in [-0.05, 0) is 35.4 Å². The zero-order valence-corrected chi connectivity index (χ0v) is 17.3. The highest BCUT2D eigenvalue weighted by molar-refractivity contribution is 9.10. The Labute approximate surface area is 170 Å². The fourth-order valence-corrected chi connectivity index (χ4v) is 5.85. The lowest BCUT2D eigenvalue weighted by Crippen LogP contribution is -1.94. The Hall–Kier alpha value is -1.56. The van der Waals surface area contributed by atoms with E-state index in [1.165, 1.54) is 10.7 Å². The number of thioether (sulfide) groups is 2. The summed E-state index contributed by atoms with van der Waals surface area (Å²) in [6, 6.07) is 22.7. The molecule has 0 aliphatic carbocycles. The van der Waals surface area contributed by atoms with Crippen LogP contribution in [0.1, 0.15) is 12.0 Å². The summed E-state index contributed by atoms with van der Waals surface area (Å²) in [5, 5.41) is 11.6. The molecule has 0 bridgehead atoms.